The van der Waals surface area contributed by atoms with Gasteiger partial charge in [-0.15, -0.1) is 10.2 Å². The number of likely N-dealkylation sites (N-methyl/N-ethyl adjacent to an activating group) is 1. The van der Waals surface area contributed by atoms with E-state index < -0.39 is 11.6 Å². The number of carbonyl (C=O) groups excluding carboxylic acids is 1. The van der Waals surface area contributed by atoms with Crippen LogP contribution >= 0.6 is 0 Å². The number of halogens is 2. The first kappa shape index (κ1) is 23.4. The van der Waals surface area contributed by atoms with Gasteiger partial charge < -0.3 is 20.4 Å². The summed E-state index contributed by atoms with van der Waals surface area (Å²) in [7, 11) is 2.00. The molecule has 184 valence electrons. The smallest absolute Gasteiger partial charge is 0.247 e. The first-order chi connectivity index (χ1) is 17.4. The summed E-state index contributed by atoms with van der Waals surface area (Å²) in [5, 5.41) is 13.9. The largest absolute Gasteiger partial charge is 0.367 e. The van der Waals surface area contributed by atoms with Gasteiger partial charge in [0.05, 0.1) is 23.8 Å². The molecule has 0 unspecified atom stereocenters. The molecule has 2 aromatic carbocycles. The van der Waals surface area contributed by atoms with Crippen LogP contribution in [0.15, 0.2) is 61.4 Å². The molecule has 5 rings (SSSR count). The number of fused-ring (bicyclic) bond motifs is 1. The lowest BCUT2D eigenvalue weighted by molar-refractivity contribution is -0.111. The van der Waals surface area contributed by atoms with Crippen molar-refractivity contribution >= 4 is 34.4 Å². The van der Waals surface area contributed by atoms with E-state index in [4.69, 9.17) is 0 Å². The van der Waals surface area contributed by atoms with Gasteiger partial charge in [0, 0.05) is 37.4 Å². The molecule has 11 heteroatoms. The van der Waals surface area contributed by atoms with Crippen LogP contribution in [0.4, 0.5) is 31.7 Å². The topological polar surface area (TPSA) is 90.7 Å². The van der Waals surface area contributed by atoms with E-state index in [0.717, 1.165) is 13.1 Å². The molecule has 0 bridgehead atoms. The Morgan fingerprint density at radius 3 is 2.67 bits per heavy atom. The summed E-state index contributed by atoms with van der Waals surface area (Å²) < 4.78 is 31.6. The van der Waals surface area contributed by atoms with E-state index in [1.807, 2.05) is 18.0 Å². The van der Waals surface area contributed by atoms with Crippen molar-refractivity contribution in [3.8, 4) is 11.4 Å². The minimum Gasteiger partial charge on any atom is -0.367 e. The fourth-order valence-electron chi connectivity index (χ4n) is 4.06. The van der Waals surface area contributed by atoms with E-state index in [1.54, 1.807) is 34.9 Å². The molecule has 0 radical (unpaired) electrons. The maximum absolute atomic E-state index is 15.0. The molecule has 0 spiro atoms. The van der Waals surface area contributed by atoms with E-state index in [-0.39, 0.29) is 23.1 Å². The van der Waals surface area contributed by atoms with E-state index in [0.29, 0.717) is 35.8 Å². The number of nitrogens with one attached hydrogen (secondary N) is 2. The molecule has 1 saturated heterocycles. The van der Waals surface area contributed by atoms with Gasteiger partial charge in [0.25, 0.3) is 0 Å². The maximum Gasteiger partial charge on any atom is 0.247 e. The number of hydrogen-bond donors (Lipinski definition) is 2. The molecular formula is C25H24F2N8O. The molecule has 4 aromatic rings. The van der Waals surface area contributed by atoms with Crippen LogP contribution < -0.4 is 15.5 Å². The number of benzene rings is 2. The molecule has 0 atom stereocenters. The Bertz CT molecular complexity index is 1450. The Kier molecular flexibility index (Phi) is 6.30. The van der Waals surface area contributed by atoms with Crippen molar-refractivity contribution in [3.05, 3.63) is 73.1 Å². The highest BCUT2D eigenvalue weighted by Gasteiger charge is 2.21. The summed E-state index contributed by atoms with van der Waals surface area (Å²) in [6.07, 6.45) is 4.27. The third kappa shape index (κ3) is 4.60. The van der Waals surface area contributed by atoms with Crippen molar-refractivity contribution in [1.29, 1.82) is 0 Å². The van der Waals surface area contributed by atoms with Crippen LogP contribution in [0.3, 0.4) is 0 Å². The molecule has 0 saturated carbocycles. The lowest BCUT2D eigenvalue weighted by Gasteiger charge is -2.34. The van der Waals surface area contributed by atoms with E-state index in [9.17, 15) is 13.6 Å². The zero-order valence-corrected chi connectivity index (χ0v) is 19.6. The zero-order valence-electron chi connectivity index (χ0n) is 19.6. The second kappa shape index (κ2) is 9.70. The predicted octanol–water partition coefficient (Wildman–Crippen LogP) is 3.69. The normalized spacial score (nSPS) is 14.1. The van der Waals surface area contributed by atoms with E-state index in [2.05, 4.69) is 37.3 Å². The summed E-state index contributed by atoms with van der Waals surface area (Å²) in [6, 6.07) is 10.2. The third-order valence-corrected chi connectivity index (χ3v) is 6.04. The Morgan fingerprint density at radius 1 is 1.08 bits per heavy atom. The molecule has 36 heavy (non-hydrogen) atoms. The average Bonchev–Trinajstić information content (AvgIpc) is 3.31. The van der Waals surface area contributed by atoms with Crippen LogP contribution in [0.1, 0.15) is 0 Å². The summed E-state index contributed by atoms with van der Waals surface area (Å²) in [5.74, 6) is -1.42. The summed E-state index contributed by atoms with van der Waals surface area (Å²) >= 11 is 0. The van der Waals surface area contributed by atoms with Crippen LogP contribution in [-0.4, -0.2) is 63.6 Å². The number of aromatic nitrogens is 4. The summed E-state index contributed by atoms with van der Waals surface area (Å²) in [5.41, 5.74) is 1.95. The van der Waals surface area contributed by atoms with Gasteiger partial charge in [-0.05, 0) is 37.4 Å². The van der Waals surface area contributed by atoms with Crippen molar-refractivity contribution in [2.24, 2.45) is 0 Å². The molecule has 2 N–H and O–H groups in total. The summed E-state index contributed by atoms with van der Waals surface area (Å²) in [6.45, 7) is 6.29. The molecule has 1 aliphatic heterocycles. The van der Waals surface area contributed by atoms with Gasteiger partial charge in [-0.2, -0.15) is 0 Å². The fraction of sp³-hybridized carbons (Fsp3) is 0.200. The van der Waals surface area contributed by atoms with Gasteiger partial charge in [0.1, 0.15) is 5.82 Å². The van der Waals surface area contributed by atoms with Crippen LogP contribution in [0.5, 0.6) is 0 Å². The Balaban J connectivity index is 1.42. The minimum atomic E-state index is -0.969. The SMILES string of the molecule is C=CC(=O)Nc1cccc(-c2nnc3cnc(Nc4ccc(N5CCN(C)CC5)c(F)c4F)cn23)c1. The van der Waals surface area contributed by atoms with Crippen LogP contribution in [0.2, 0.25) is 0 Å². The molecule has 1 fully saturated rings. The monoisotopic (exact) mass is 490 g/mol. The number of amides is 1. The molecule has 9 nitrogen and oxygen atoms in total. The van der Waals surface area contributed by atoms with Gasteiger partial charge >= 0.3 is 0 Å². The minimum absolute atomic E-state index is 0.0269. The van der Waals surface area contributed by atoms with Crippen LogP contribution in [-0.2, 0) is 4.79 Å². The number of rotatable bonds is 6. The highest BCUT2D eigenvalue weighted by Crippen LogP contribution is 2.30. The maximum atomic E-state index is 15.0. The first-order valence-corrected chi connectivity index (χ1v) is 11.4. The highest BCUT2D eigenvalue weighted by atomic mass is 19.2. The molecule has 1 aliphatic rings. The van der Waals surface area contributed by atoms with Crippen molar-refractivity contribution in [1.82, 2.24) is 24.5 Å². The van der Waals surface area contributed by atoms with Gasteiger partial charge in [0.2, 0.25) is 5.91 Å². The lowest BCUT2D eigenvalue weighted by atomic mass is 10.2. The first-order valence-electron chi connectivity index (χ1n) is 11.4. The lowest BCUT2D eigenvalue weighted by Crippen LogP contribution is -2.44. The summed E-state index contributed by atoms with van der Waals surface area (Å²) in [4.78, 5) is 19.9. The fourth-order valence-corrected chi connectivity index (χ4v) is 4.06. The van der Waals surface area contributed by atoms with Crippen LogP contribution in [0.25, 0.3) is 17.0 Å². The van der Waals surface area contributed by atoms with E-state index >= 15 is 0 Å². The highest BCUT2D eigenvalue weighted by molar-refractivity contribution is 5.99. The van der Waals surface area contributed by atoms with Gasteiger partial charge in [0.15, 0.2) is 23.1 Å². The quantitative estimate of drug-likeness (QED) is 0.399. The standard InChI is InChI=1S/C25H24F2N8O/c1-3-22(36)29-17-6-4-5-16(13-17)25-32-31-21-14-28-20(15-35(21)25)30-18-7-8-19(24(27)23(18)26)34-11-9-33(2)10-12-34/h3-8,13-15,30H,1,9-12H2,2H3,(H,29,36). The Labute approximate surface area is 206 Å². The third-order valence-electron chi connectivity index (χ3n) is 6.04. The van der Waals surface area contributed by atoms with Crippen molar-refractivity contribution < 1.29 is 13.6 Å². The van der Waals surface area contributed by atoms with Gasteiger partial charge in [-0.1, -0.05) is 18.7 Å². The molecular weight excluding hydrogens is 466 g/mol. The van der Waals surface area contributed by atoms with Crippen molar-refractivity contribution in [2.75, 3.05) is 48.8 Å². The number of carbonyl (C=O) groups is 1. The molecule has 3 heterocycles. The van der Waals surface area contributed by atoms with Crippen molar-refractivity contribution in [3.63, 3.8) is 0 Å². The number of anilines is 4. The molecule has 2 aromatic heterocycles. The predicted molar refractivity (Wildman–Crippen MR) is 134 cm³/mol. The zero-order chi connectivity index (χ0) is 25.2. The molecule has 1 amide bonds. The average molecular weight is 491 g/mol. The molecule has 0 aliphatic carbocycles. The second-order valence-electron chi connectivity index (χ2n) is 8.47. The van der Waals surface area contributed by atoms with E-state index in [1.165, 1.54) is 18.3 Å². The van der Waals surface area contributed by atoms with Crippen LogP contribution in [0, 0.1) is 11.6 Å². The Hall–Kier alpha value is -4.38. The number of nitrogens with zero attached hydrogens (tertiary/aromatic N) is 6. The second-order valence-corrected chi connectivity index (χ2v) is 8.47. The number of hydrogen-bond acceptors (Lipinski definition) is 7. The number of piperazine rings is 1. The van der Waals surface area contributed by atoms with Gasteiger partial charge in [-0.25, -0.2) is 13.8 Å². The Morgan fingerprint density at radius 2 is 1.89 bits per heavy atom. The van der Waals surface area contributed by atoms with Crippen molar-refractivity contribution in [2.45, 2.75) is 0 Å². The van der Waals surface area contributed by atoms with Gasteiger partial charge in [-0.3, -0.25) is 9.20 Å².